The third-order valence-corrected chi connectivity index (χ3v) is 6.70. The van der Waals surface area contributed by atoms with Crippen molar-refractivity contribution in [3.05, 3.63) is 34.3 Å². The van der Waals surface area contributed by atoms with Gasteiger partial charge in [0.15, 0.2) is 0 Å². The highest BCUT2D eigenvalue weighted by atomic mass is 79.9. The van der Waals surface area contributed by atoms with E-state index in [0.29, 0.717) is 0 Å². The molecule has 1 aromatic carbocycles. The highest BCUT2D eigenvalue weighted by molar-refractivity contribution is 9.10. The van der Waals surface area contributed by atoms with E-state index in [0.717, 1.165) is 24.4 Å². The van der Waals surface area contributed by atoms with Crippen LogP contribution in [-0.2, 0) is 6.54 Å². The van der Waals surface area contributed by atoms with Crippen LogP contribution in [0.25, 0.3) is 0 Å². The van der Waals surface area contributed by atoms with Crippen LogP contribution >= 0.6 is 15.9 Å². The number of halogens is 1. The van der Waals surface area contributed by atoms with Crippen molar-refractivity contribution in [3.63, 3.8) is 0 Å². The number of rotatable bonds is 3. The normalized spacial score (nSPS) is 33.7. The molecule has 2 bridgehead atoms. The van der Waals surface area contributed by atoms with Crippen LogP contribution < -0.4 is 0 Å². The summed E-state index contributed by atoms with van der Waals surface area (Å²) in [6.07, 6.45) is 6.05. The maximum absolute atomic E-state index is 3.67. The average molecular weight is 349 g/mol. The van der Waals surface area contributed by atoms with Crippen molar-refractivity contribution in [2.45, 2.75) is 38.3 Å². The molecule has 2 aliphatic carbocycles. The number of hydrogen-bond donors (Lipinski definition) is 0. The summed E-state index contributed by atoms with van der Waals surface area (Å²) < 4.78 is 1.25. The van der Waals surface area contributed by atoms with E-state index in [2.05, 4.69) is 50.0 Å². The van der Waals surface area contributed by atoms with Gasteiger partial charge in [0.1, 0.15) is 0 Å². The number of fused-ring (bicyclic) bond motifs is 2. The van der Waals surface area contributed by atoms with Crippen molar-refractivity contribution in [1.82, 2.24) is 9.80 Å². The fourth-order valence-electron chi connectivity index (χ4n) is 4.78. The van der Waals surface area contributed by atoms with E-state index < -0.39 is 0 Å². The summed E-state index contributed by atoms with van der Waals surface area (Å²) in [5.41, 5.74) is 1.42. The molecule has 4 rings (SSSR count). The van der Waals surface area contributed by atoms with E-state index in [1.165, 1.54) is 61.9 Å². The molecule has 3 fully saturated rings. The predicted molar refractivity (Wildman–Crippen MR) is 90.2 cm³/mol. The van der Waals surface area contributed by atoms with Crippen molar-refractivity contribution in [3.8, 4) is 0 Å². The first-order valence-electron chi connectivity index (χ1n) is 8.49. The Morgan fingerprint density at radius 2 is 1.81 bits per heavy atom. The van der Waals surface area contributed by atoms with E-state index in [-0.39, 0.29) is 0 Å². The molecule has 0 unspecified atom stereocenters. The van der Waals surface area contributed by atoms with Crippen LogP contribution in [0.1, 0.15) is 31.2 Å². The van der Waals surface area contributed by atoms with Gasteiger partial charge in [0.25, 0.3) is 0 Å². The Labute approximate surface area is 136 Å². The van der Waals surface area contributed by atoms with Gasteiger partial charge in [-0.05, 0) is 42.7 Å². The Bertz CT molecular complexity index is 496. The molecule has 3 heteroatoms. The molecule has 1 heterocycles. The Balaban J connectivity index is 1.32. The molecule has 1 saturated heterocycles. The van der Waals surface area contributed by atoms with Gasteiger partial charge in [-0.15, -0.1) is 0 Å². The molecule has 1 aromatic rings. The lowest BCUT2D eigenvalue weighted by atomic mass is 9.93. The molecule has 3 atom stereocenters. The average Bonchev–Trinajstić information content (AvgIpc) is 3.13. The molecule has 1 aliphatic heterocycles. The smallest absolute Gasteiger partial charge is 0.0246 e. The summed E-state index contributed by atoms with van der Waals surface area (Å²) >= 11 is 3.67. The number of nitrogens with zero attached hydrogens (tertiary/aromatic N) is 2. The summed E-state index contributed by atoms with van der Waals surface area (Å²) in [6, 6.07) is 9.56. The summed E-state index contributed by atoms with van der Waals surface area (Å²) in [6.45, 7) is 6.10. The van der Waals surface area contributed by atoms with Crippen LogP contribution in [0.5, 0.6) is 0 Å². The maximum atomic E-state index is 3.67. The standard InChI is InChI=1S/C18H25BrN2/c19-17-4-2-1-3-16(17)13-20-7-9-21(10-8-20)18-12-14-5-6-15(18)11-14/h1-4,14-15,18H,5-13H2/t14-,15-,18-/m0/s1. The highest BCUT2D eigenvalue weighted by Gasteiger charge is 2.42. The van der Waals surface area contributed by atoms with Crippen molar-refractivity contribution in [2.75, 3.05) is 26.2 Å². The lowest BCUT2D eigenvalue weighted by Gasteiger charge is -2.41. The molecular formula is C18H25BrN2. The van der Waals surface area contributed by atoms with E-state index in [4.69, 9.17) is 0 Å². The van der Waals surface area contributed by atoms with Crippen LogP contribution in [0.3, 0.4) is 0 Å². The van der Waals surface area contributed by atoms with Crippen molar-refractivity contribution in [1.29, 1.82) is 0 Å². The zero-order chi connectivity index (χ0) is 14.2. The Kier molecular flexibility index (Phi) is 4.08. The quantitative estimate of drug-likeness (QED) is 0.820. The van der Waals surface area contributed by atoms with E-state index >= 15 is 0 Å². The van der Waals surface area contributed by atoms with Gasteiger partial charge >= 0.3 is 0 Å². The SMILES string of the molecule is Brc1ccccc1CN1CCN([C@H]2C[C@H]3CC[C@H]2C3)CC1. The number of piperazine rings is 1. The second kappa shape index (κ2) is 6.02. The molecule has 0 radical (unpaired) electrons. The van der Waals surface area contributed by atoms with Gasteiger partial charge in [-0.3, -0.25) is 9.80 Å². The van der Waals surface area contributed by atoms with Crippen molar-refractivity contribution >= 4 is 15.9 Å². The molecule has 114 valence electrons. The van der Waals surface area contributed by atoms with Crippen molar-refractivity contribution in [2.24, 2.45) is 11.8 Å². The third kappa shape index (κ3) is 2.93. The molecule has 2 saturated carbocycles. The van der Waals surface area contributed by atoms with E-state index in [1.54, 1.807) is 0 Å². The zero-order valence-corrected chi connectivity index (χ0v) is 14.3. The van der Waals surface area contributed by atoms with Crippen LogP contribution in [-0.4, -0.2) is 42.0 Å². The Morgan fingerprint density at radius 1 is 1.00 bits per heavy atom. The minimum atomic E-state index is 0.925. The van der Waals surface area contributed by atoms with Gasteiger partial charge in [0, 0.05) is 43.2 Å². The molecule has 2 nitrogen and oxygen atoms in total. The number of benzene rings is 1. The maximum Gasteiger partial charge on any atom is 0.0246 e. The molecule has 0 aromatic heterocycles. The largest absolute Gasteiger partial charge is 0.298 e. The minimum absolute atomic E-state index is 0.925. The first-order valence-corrected chi connectivity index (χ1v) is 9.29. The van der Waals surface area contributed by atoms with Gasteiger partial charge in [0.05, 0.1) is 0 Å². The van der Waals surface area contributed by atoms with Gasteiger partial charge in [-0.25, -0.2) is 0 Å². The minimum Gasteiger partial charge on any atom is -0.298 e. The summed E-state index contributed by atoms with van der Waals surface area (Å²) in [4.78, 5) is 5.42. The first kappa shape index (κ1) is 14.2. The second-order valence-electron chi connectivity index (χ2n) is 7.15. The van der Waals surface area contributed by atoms with E-state index in [1.807, 2.05) is 0 Å². The fourth-order valence-corrected chi connectivity index (χ4v) is 5.19. The molecule has 3 aliphatic rings. The van der Waals surface area contributed by atoms with Gasteiger partial charge in [-0.2, -0.15) is 0 Å². The highest BCUT2D eigenvalue weighted by Crippen LogP contribution is 2.46. The molecule has 0 spiro atoms. The van der Waals surface area contributed by atoms with Gasteiger partial charge in [0.2, 0.25) is 0 Å². The lowest BCUT2D eigenvalue weighted by Crippen LogP contribution is -2.51. The summed E-state index contributed by atoms with van der Waals surface area (Å²) in [5.74, 6) is 2.10. The molecular weight excluding hydrogens is 324 g/mol. The van der Waals surface area contributed by atoms with Crippen LogP contribution in [0.2, 0.25) is 0 Å². The van der Waals surface area contributed by atoms with Gasteiger partial charge in [-0.1, -0.05) is 40.5 Å². The first-order chi connectivity index (χ1) is 10.3. The topological polar surface area (TPSA) is 6.48 Å². The molecule has 0 amide bonds. The summed E-state index contributed by atoms with van der Waals surface area (Å²) in [5, 5.41) is 0. The fraction of sp³-hybridized carbons (Fsp3) is 0.667. The van der Waals surface area contributed by atoms with Crippen molar-refractivity contribution < 1.29 is 0 Å². The Hall–Kier alpha value is -0.380. The number of hydrogen-bond acceptors (Lipinski definition) is 2. The van der Waals surface area contributed by atoms with Gasteiger partial charge < -0.3 is 0 Å². The summed E-state index contributed by atoms with van der Waals surface area (Å²) in [7, 11) is 0. The van der Waals surface area contributed by atoms with Crippen LogP contribution in [0, 0.1) is 11.8 Å². The lowest BCUT2D eigenvalue weighted by molar-refractivity contribution is 0.0679. The van der Waals surface area contributed by atoms with Crippen LogP contribution in [0.4, 0.5) is 0 Å². The monoisotopic (exact) mass is 348 g/mol. The Morgan fingerprint density at radius 3 is 2.48 bits per heavy atom. The zero-order valence-electron chi connectivity index (χ0n) is 12.7. The molecule has 0 N–H and O–H groups in total. The second-order valence-corrected chi connectivity index (χ2v) is 8.00. The van der Waals surface area contributed by atoms with Crippen LogP contribution in [0.15, 0.2) is 28.7 Å². The molecule has 21 heavy (non-hydrogen) atoms. The third-order valence-electron chi connectivity index (χ3n) is 5.93. The predicted octanol–water partition coefficient (Wildman–Crippen LogP) is 3.76. The van der Waals surface area contributed by atoms with E-state index in [9.17, 15) is 0 Å².